The molecule has 12 heavy (non-hydrogen) atoms. The number of hydrogen-bond donors (Lipinski definition) is 4. The van der Waals surface area contributed by atoms with Crippen molar-refractivity contribution in [2.75, 3.05) is 0 Å². The van der Waals surface area contributed by atoms with E-state index in [9.17, 15) is 0 Å². The van der Waals surface area contributed by atoms with E-state index in [0.29, 0.717) is 0 Å². The molecule has 0 amide bonds. The Labute approximate surface area is 101 Å². The second-order valence-corrected chi connectivity index (χ2v) is 2.69. The zero-order valence-corrected chi connectivity index (χ0v) is 11.7. The second kappa shape index (κ2) is 8.72. The van der Waals surface area contributed by atoms with Gasteiger partial charge in [-0.25, -0.2) is 0 Å². The van der Waals surface area contributed by atoms with Crippen LogP contribution in [-0.2, 0) is 40.3 Å². The summed E-state index contributed by atoms with van der Waals surface area (Å²) in [6, 6.07) is 0. The van der Waals surface area contributed by atoms with Crippen molar-refractivity contribution in [3.05, 3.63) is 0 Å². The molecule has 12 heteroatoms. The van der Waals surface area contributed by atoms with Crippen LogP contribution in [0.3, 0.4) is 0 Å². The summed E-state index contributed by atoms with van der Waals surface area (Å²) in [4.78, 5) is 0. The van der Waals surface area contributed by atoms with E-state index in [-0.39, 0.29) is 45.4 Å². The van der Waals surface area contributed by atoms with Crippen molar-refractivity contribution in [3.63, 3.8) is 0 Å². The van der Waals surface area contributed by atoms with Crippen LogP contribution in [0.1, 0.15) is 2.85 Å². The van der Waals surface area contributed by atoms with Gasteiger partial charge in [-0.2, -0.15) is 16.8 Å². The van der Waals surface area contributed by atoms with Crippen LogP contribution >= 0.6 is 0 Å². The summed E-state index contributed by atoms with van der Waals surface area (Å²) in [5, 5.41) is 0. The predicted molar refractivity (Wildman–Crippen MR) is 36.3 cm³/mol. The maximum absolute atomic E-state index is 8.74. The summed E-state index contributed by atoms with van der Waals surface area (Å²) in [5.41, 5.74) is 0. The van der Waals surface area contributed by atoms with Gasteiger partial charge in [0.05, 0.1) is 0 Å². The molecule has 0 aromatic carbocycles. The molecule has 0 atom stereocenters. The van der Waals surface area contributed by atoms with E-state index in [1.54, 1.807) is 0 Å². The maximum Gasteiger partial charge on any atom is 2.00 e. The van der Waals surface area contributed by atoms with Gasteiger partial charge in [-0.3, -0.25) is 18.2 Å². The molecule has 0 fully saturated rings. The molecule has 70 valence electrons. The molecule has 0 aliphatic heterocycles. The molecule has 0 aromatic rings. The van der Waals surface area contributed by atoms with E-state index >= 15 is 0 Å². The Bertz CT molecular complexity index is 222. The first-order valence-corrected chi connectivity index (χ1v) is 4.19. The Morgan fingerprint density at radius 3 is 0.750 bits per heavy atom. The second-order valence-electron chi connectivity index (χ2n) is 0.896. The fourth-order valence-corrected chi connectivity index (χ4v) is 0. The van der Waals surface area contributed by atoms with Gasteiger partial charge in [-0.15, -0.1) is 0 Å². The van der Waals surface area contributed by atoms with E-state index in [2.05, 4.69) is 0 Å². The zero-order chi connectivity index (χ0) is 9.00. The molecule has 0 unspecified atom stereocenters. The van der Waals surface area contributed by atoms with Crippen LogP contribution < -0.4 is 0 Å². The third-order valence-corrected chi connectivity index (χ3v) is 0. The third kappa shape index (κ3) is 895. The molecule has 0 bridgehead atoms. The smallest absolute Gasteiger partial charge is 1.00 e. The number of hydrogen-bond acceptors (Lipinski definition) is 4. The molecule has 0 saturated carbocycles. The van der Waals surface area contributed by atoms with Crippen molar-refractivity contribution in [1.82, 2.24) is 0 Å². The van der Waals surface area contributed by atoms with Crippen LogP contribution in [-0.4, -0.2) is 58.1 Å². The summed E-state index contributed by atoms with van der Waals surface area (Å²) >= 11 is 0. The standard InChI is InChI=1S/Mg.2H2O4S.Zn.2H/c;2*1-5(2,3)4;;;/h;2*(H2,1,2,3,4);;;/q+2;;;;2*-1. The number of rotatable bonds is 0. The SMILES string of the molecule is O=S(=O)(O)O.O=S(=O)(O)O.[H-].[H-].[Mg+2].[Zn]. The van der Waals surface area contributed by atoms with Crippen molar-refractivity contribution >= 4 is 43.9 Å². The molecule has 0 spiro atoms. The van der Waals surface area contributed by atoms with E-state index in [0.717, 1.165) is 0 Å². The van der Waals surface area contributed by atoms with Gasteiger partial charge in [0.1, 0.15) is 0 Å². The van der Waals surface area contributed by atoms with Crippen molar-refractivity contribution in [1.29, 1.82) is 0 Å². The first kappa shape index (κ1) is 23.2. The quantitative estimate of drug-likeness (QED) is 0.312. The van der Waals surface area contributed by atoms with E-state index in [4.69, 9.17) is 35.0 Å². The van der Waals surface area contributed by atoms with Gasteiger partial charge in [-0.05, 0) is 0 Å². The minimum atomic E-state index is -4.67. The molecule has 0 aliphatic rings. The Hall–Kier alpha value is 1.13. The first-order valence-electron chi connectivity index (χ1n) is 1.40. The van der Waals surface area contributed by atoms with Crippen LogP contribution in [0.4, 0.5) is 0 Å². The average molecular weight is 288 g/mol. The molecule has 0 heterocycles. The van der Waals surface area contributed by atoms with Gasteiger partial charge in [0.15, 0.2) is 0 Å². The maximum atomic E-state index is 8.74. The summed E-state index contributed by atoms with van der Waals surface area (Å²) < 4.78 is 63.2. The van der Waals surface area contributed by atoms with Gasteiger partial charge in [0, 0.05) is 19.5 Å². The average Bonchev–Trinajstić information content (AvgIpc) is 1.12. The van der Waals surface area contributed by atoms with E-state index in [1.165, 1.54) is 0 Å². The van der Waals surface area contributed by atoms with Gasteiger partial charge < -0.3 is 2.85 Å². The fraction of sp³-hybridized carbons (Fsp3) is 0. The van der Waals surface area contributed by atoms with Crippen LogP contribution in [0.15, 0.2) is 0 Å². The predicted octanol–water partition coefficient (Wildman–Crippen LogP) is -1.46. The Morgan fingerprint density at radius 1 is 0.750 bits per heavy atom. The fourth-order valence-electron chi connectivity index (χ4n) is 0. The van der Waals surface area contributed by atoms with Crippen LogP contribution in [0.2, 0.25) is 0 Å². The molecule has 0 aliphatic carbocycles. The van der Waals surface area contributed by atoms with E-state index < -0.39 is 20.8 Å². The Balaban J connectivity index is -0.0000000178. The van der Waals surface area contributed by atoms with Crippen LogP contribution in [0.25, 0.3) is 0 Å². The summed E-state index contributed by atoms with van der Waals surface area (Å²) in [6.07, 6.45) is 0. The Morgan fingerprint density at radius 2 is 0.750 bits per heavy atom. The van der Waals surface area contributed by atoms with E-state index in [1.807, 2.05) is 0 Å². The van der Waals surface area contributed by atoms with Crippen molar-refractivity contribution in [2.45, 2.75) is 0 Å². The minimum Gasteiger partial charge on any atom is -1.00 e. The molecular formula is H6MgO8S2Zn. The molecule has 0 aromatic heterocycles. The third-order valence-electron chi connectivity index (χ3n) is 0. The molecule has 4 N–H and O–H groups in total. The van der Waals surface area contributed by atoms with Gasteiger partial charge >= 0.3 is 43.9 Å². The van der Waals surface area contributed by atoms with Crippen LogP contribution in [0.5, 0.6) is 0 Å². The van der Waals surface area contributed by atoms with Crippen molar-refractivity contribution in [3.8, 4) is 0 Å². The van der Waals surface area contributed by atoms with Crippen molar-refractivity contribution in [2.24, 2.45) is 0 Å². The summed E-state index contributed by atoms with van der Waals surface area (Å²) in [6.45, 7) is 0. The molecule has 8 nitrogen and oxygen atoms in total. The normalized spacial score (nSPS) is 9.67. The monoisotopic (exact) mass is 286 g/mol. The van der Waals surface area contributed by atoms with Crippen LogP contribution in [0, 0.1) is 0 Å². The molecule has 0 rings (SSSR count). The summed E-state index contributed by atoms with van der Waals surface area (Å²) in [5.74, 6) is 0. The molecular weight excluding hydrogens is 282 g/mol. The van der Waals surface area contributed by atoms with Crippen molar-refractivity contribution < 1.29 is 57.4 Å². The Kier molecular flexibility index (Phi) is 16.8. The largest absolute Gasteiger partial charge is 2.00 e. The molecule has 0 saturated heterocycles. The van der Waals surface area contributed by atoms with Gasteiger partial charge in [0.2, 0.25) is 0 Å². The zero-order valence-electron chi connectivity index (χ0n) is 7.65. The van der Waals surface area contributed by atoms with Gasteiger partial charge in [0.25, 0.3) is 0 Å². The minimum absolute atomic E-state index is 0. The topological polar surface area (TPSA) is 149 Å². The molecule has 0 radical (unpaired) electrons. The summed E-state index contributed by atoms with van der Waals surface area (Å²) in [7, 11) is -9.33. The van der Waals surface area contributed by atoms with Gasteiger partial charge in [-0.1, -0.05) is 0 Å². The first-order chi connectivity index (χ1) is 4.00.